The minimum Gasteiger partial charge on any atom is -0.370 e. The van der Waals surface area contributed by atoms with Crippen LogP contribution in [0.25, 0.3) is 0 Å². The van der Waals surface area contributed by atoms with Crippen molar-refractivity contribution >= 4 is 11.7 Å². The Morgan fingerprint density at radius 2 is 1.97 bits per heavy atom. The molecule has 0 spiro atoms. The van der Waals surface area contributed by atoms with Gasteiger partial charge >= 0.3 is 6.18 Å². The van der Waals surface area contributed by atoms with Gasteiger partial charge in [-0.25, -0.2) is 9.07 Å². The molecule has 31 heavy (non-hydrogen) atoms. The minimum atomic E-state index is -4.55. The zero-order valence-corrected chi connectivity index (χ0v) is 16.7. The monoisotopic (exact) mass is 442 g/mol. The SMILES string of the molecule is O=C(NCC[NH+]1CCOCC1)c1cc2n(n1)[C@@H](C(F)(F)F)C[C@@H](c1ccc(F)cc1)N2. The fourth-order valence-electron chi connectivity index (χ4n) is 3.95. The minimum absolute atomic E-state index is 0.0755. The molecule has 1 aromatic carbocycles. The standard InChI is InChI=1S/C20H23F4N5O2/c21-14-3-1-13(2-4-14)15-11-17(20(22,23)24)29-18(26-15)12-16(27-29)19(30)25-5-6-28-7-9-31-10-8-28/h1-4,12,15,17,26H,5-11H2,(H,25,30)/p+1/t15-,17+/m0/s1. The topological polar surface area (TPSA) is 72.6 Å². The van der Waals surface area contributed by atoms with Gasteiger partial charge in [0.1, 0.15) is 24.7 Å². The summed E-state index contributed by atoms with van der Waals surface area (Å²) in [6.07, 6.45) is -4.86. The van der Waals surface area contributed by atoms with Crippen LogP contribution in [0.4, 0.5) is 23.4 Å². The number of aromatic nitrogens is 2. The van der Waals surface area contributed by atoms with Gasteiger partial charge in [-0.2, -0.15) is 18.3 Å². The number of halogens is 4. The Morgan fingerprint density at radius 1 is 1.26 bits per heavy atom. The summed E-state index contributed by atoms with van der Waals surface area (Å²) in [6.45, 7) is 4.17. The lowest BCUT2D eigenvalue weighted by Crippen LogP contribution is -3.14. The predicted molar refractivity (Wildman–Crippen MR) is 103 cm³/mol. The van der Waals surface area contributed by atoms with E-state index in [0.717, 1.165) is 17.8 Å². The summed E-state index contributed by atoms with van der Waals surface area (Å²) in [7, 11) is 0. The van der Waals surface area contributed by atoms with Gasteiger partial charge in [-0.05, 0) is 17.7 Å². The molecule has 11 heteroatoms. The van der Waals surface area contributed by atoms with Gasteiger partial charge in [0.2, 0.25) is 0 Å². The summed E-state index contributed by atoms with van der Waals surface area (Å²) in [4.78, 5) is 13.8. The number of amides is 1. The lowest BCUT2D eigenvalue weighted by atomic mass is 9.97. The van der Waals surface area contributed by atoms with Gasteiger partial charge in [0.15, 0.2) is 11.7 Å². The largest absolute Gasteiger partial charge is 0.410 e. The van der Waals surface area contributed by atoms with Crippen LogP contribution >= 0.6 is 0 Å². The normalized spacial score (nSPS) is 21.9. The lowest BCUT2D eigenvalue weighted by Gasteiger charge is -2.33. The van der Waals surface area contributed by atoms with Crippen LogP contribution in [0.2, 0.25) is 0 Å². The van der Waals surface area contributed by atoms with E-state index in [1.807, 2.05) is 0 Å². The number of benzene rings is 1. The maximum absolute atomic E-state index is 13.7. The van der Waals surface area contributed by atoms with Crippen molar-refractivity contribution in [1.82, 2.24) is 15.1 Å². The molecule has 0 radical (unpaired) electrons. The maximum atomic E-state index is 13.7. The number of rotatable bonds is 5. The number of quaternary nitrogens is 1. The van der Waals surface area contributed by atoms with Crippen molar-refractivity contribution in [2.24, 2.45) is 0 Å². The summed E-state index contributed by atoms with van der Waals surface area (Å²) in [5.41, 5.74) is 0.455. The molecule has 3 heterocycles. The highest BCUT2D eigenvalue weighted by Gasteiger charge is 2.46. The molecular weight excluding hydrogens is 418 g/mol. The molecule has 7 nitrogen and oxygen atoms in total. The number of ether oxygens (including phenoxy) is 1. The van der Waals surface area contributed by atoms with Crippen LogP contribution in [0.3, 0.4) is 0 Å². The highest BCUT2D eigenvalue weighted by atomic mass is 19.4. The molecule has 0 unspecified atom stereocenters. The van der Waals surface area contributed by atoms with Gasteiger partial charge in [-0.1, -0.05) is 12.1 Å². The lowest BCUT2D eigenvalue weighted by molar-refractivity contribution is -0.906. The molecule has 168 valence electrons. The van der Waals surface area contributed by atoms with E-state index in [2.05, 4.69) is 15.7 Å². The first-order valence-corrected chi connectivity index (χ1v) is 10.2. The van der Waals surface area contributed by atoms with Crippen LogP contribution < -0.4 is 15.5 Å². The Hall–Kier alpha value is -2.66. The highest BCUT2D eigenvalue weighted by Crippen LogP contribution is 2.43. The molecule has 2 aliphatic rings. The summed E-state index contributed by atoms with van der Waals surface area (Å²) < 4.78 is 60.5. The van der Waals surface area contributed by atoms with Gasteiger partial charge in [0, 0.05) is 12.5 Å². The van der Waals surface area contributed by atoms with Crippen molar-refractivity contribution in [3.8, 4) is 0 Å². The van der Waals surface area contributed by atoms with Crippen molar-refractivity contribution < 1.29 is 32.0 Å². The zero-order valence-electron chi connectivity index (χ0n) is 16.7. The molecule has 1 fully saturated rings. The summed E-state index contributed by atoms with van der Waals surface area (Å²) in [6, 6.07) is 4.07. The Morgan fingerprint density at radius 3 is 2.65 bits per heavy atom. The van der Waals surface area contributed by atoms with Gasteiger partial charge < -0.3 is 20.3 Å². The second kappa shape index (κ2) is 8.83. The molecule has 0 saturated carbocycles. The van der Waals surface area contributed by atoms with Crippen molar-refractivity contribution in [3.63, 3.8) is 0 Å². The van der Waals surface area contributed by atoms with E-state index in [9.17, 15) is 22.4 Å². The van der Waals surface area contributed by atoms with E-state index in [-0.39, 0.29) is 17.9 Å². The molecule has 1 amide bonds. The summed E-state index contributed by atoms with van der Waals surface area (Å²) >= 11 is 0. The van der Waals surface area contributed by atoms with Crippen LogP contribution in [-0.2, 0) is 4.74 Å². The van der Waals surface area contributed by atoms with Crippen molar-refractivity contribution in [2.45, 2.75) is 24.7 Å². The molecular formula is C20H24F4N5O2+. The number of hydrogen-bond donors (Lipinski definition) is 3. The number of hydrogen-bond acceptors (Lipinski definition) is 4. The average Bonchev–Trinajstić information content (AvgIpc) is 3.18. The smallest absolute Gasteiger partial charge is 0.370 e. The Kier molecular flexibility index (Phi) is 6.15. The fourth-order valence-corrected chi connectivity index (χ4v) is 3.95. The summed E-state index contributed by atoms with van der Waals surface area (Å²) in [5.74, 6) is -0.877. The fraction of sp³-hybridized carbons (Fsp3) is 0.500. The Bertz CT molecular complexity index is 909. The van der Waals surface area contributed by atoms with Crippen LogP contribution in [0.1, 0.15) is 34.6 Å². The Labute approximate surface area is 176 Å². The van der Waals surface area contributed by atoms with E-state index >= 15 is 0 Å². The maximum Gasteiger partial charge on any atom is 0.410 e. The molecule has 4 rings (SSSR count). The van der Waals surface area contributed by atoms with Crippen LogP contribution in [-0.4, -0.2) is 61.3 Å². The first kappa shape index (κ1) is 21.6. The third kappa shape index (κ3) is 4.99. The van der Waals surface area contributed by atoms with Gasteiger partial charge in [-0.3, -0.25) is 4.79 Å². The summed E-state index contributed by atoms with van der Waals surface area (Å²) in [5, 5.41) is 9.67. The van der Waals surface area contributed by atoms with Crippen LogP contribution in [0, 0.1) is 5.82 Å². The number of nitrogens with one attached hydrogen (secondary N) is 3. The van der Waals surface area contributed by atoms with Crippen molar-refractivity contribution in [2.75, 3.05) is 44.7 Å². The average molecular weight is 442 g/mol. The molecule has 2 aromatic rings. The van der Waals surface area contributed by atoms with E-state index in [0.29, 0.717) is 31.9 Å². The van der Waals surface area contributed by atoms with Crippen LogP contribution in [0.15, 0.2) is 30.3 Å². The van der Waals surface area contributed by atoms with E-state index in [1.54, 1.807) is 0 Å². The number of anilines is 1. The second-order valence-electron chi connectivity index (χ2n) is 7.77. The van der Waals surface area contributed by atoms with E-state index < -0.39 is 30.0 Å². The third-order valence-corrected chi connectivity index (χ3v) is 5.66. The van der Waals surface area contributed by atoms with Crippen LogP contribution in [0.5, 0.6) is 0 Å². The Balaban J connectivity index is 1.48. The number of alkyl halides is 3. The van der Waals surface area contributed by atoms with E-state index in [1.165, 1.54) is 35.2 Å². The zero-order chi connectivity index (χ0) is 22.0. The number of carbonyl (C=O) groups excluding carboxylic acids is 1. The van der Waals surface area contributed by atoms with Crippen molar-refractivity contribution in [1.29, 1.82) is 0 Å². The number of morpholine rings is 1. The third-order valence-electron chi connectivity index (χ3n) is 5.66. The molecule has 0 aliphatic carbocycles. The molecule has 3 N–H and O–H groups in total. The highest BCUT2D eigenvalue weighted by molar-refractivity contribution is 5.93. The molecule has 1 saturated heterocycles. The number of carbonyl (C=O) groups is 1. The number of fused-ring (bicyclic) bond motifs is 1. The molecule has 0 bridgehead atoms. The second-order valence-corrected chi connectivity index (χ2v) is 7.77. The quantitative estimate of drug-likeness (QED) is 0.611. The predicted octanol–water partition coefficient (Wildman–Crippen LogP) is 1.33. The molecule has 2 atom stereocenters. The van der Waals surface area contributed by atoms with Gasteiger partial charge in [-0.15, -0.1) is 0 Å². The van der Waals surface area contributed by atoms with Gasteiger partial charge in [0.05, 0.1) is 32.3 Å². The molecule has 2 aliphatic heterocycles. The molecule has 1 aromatic heterocycles. The van der Waals surface area contributed by atoms with Crippen molar-refractivity contribution in [3.05, 3.63) is 47.4 Å². The first-order valence-electron chi connectivity index (χ1n) is 10.2. The van der Waals surface area contributed by atoms with Gasteiger partial charge in [0.25, 0.3) is 5.91 Å². The number of nitrogens with zero attached hydrogens (tertiary/aromatic N) is 2. The first-order chi connectivity index (χ1) is 14.8. The van der Waals surface area contributed by atoms with E-state index in [4.69, 9.17) is 4.74 Å².